The van der Waals surface area contributed by atoms with Crippen LogP contribution in [-0.2, 0) is 0 Å². The third-order valence-corrected chi connectivity index (χ3v) is 6.06. The quantitative estimate of drug-likeness (QED) is 0.266. The summed E-state index contributed by atoms with van der Waals surface area (Å²) in [6.45, 7) is -0.116. The van der Waals surface area contributed by atoms with Crippen LogP contribution in [0.15, 0.2) is 85.5 Å². The number of aromatic nitrogens is 2. The van der Waals surface area contributed by atoms with E-state index < -0.39 is 0 Å². The summed E-state index contributed by atoms with van der Waals surface area (Å²) in [5.74, 6) is 1.15. The van der Waals surface area contributed by atoms with Gasteiger partial charge in [-0.05, 0) is 48.5 Å². The summed E-state index contributed by atoms with van der Waals surface area (Å²) in [6, 6.07) is 22.1. The van der Waals surface area contributed by atoms with Gasteiger partial charge in [0.25, 0.3) is 5.56 Å². The molecule has 0 saturated carbocycles. The molecule has 5 aromatic rings. The molecule has 178 valence electrons. The molecule has 0 radical (unpaired) electrons. The van der Waals surface area contributed by atoms with Gasteiger partial charge in [-0.1, -0.05) is 28.1 Å². The lowest BCUT2D eigenvalue weighted by molar-refractivity contribution is 0.367. The Bertz CT molecular complexity index is 1730. The number of halogens is 1. The maximum absolute atomic E-state index is 13.5. The van der Waals surface area contributed by atoms with E-state index in [1.165, 1.54) is 10.9 Å². The average Bonchev–Trinajstić information content (AvgIpc) is 3.30. The van der Waals surface area contributed by atoms with Gasteiger partial charge >= 0.3 is 0 Å². The highest BCUT2D eigenvalue weighted by Gasteiger charge is 2.17. The SMILES string of the molecule is CN(C)c1ccc(C=Nn2c(-c3cc4cc(Br)ccc4o3)nc3ccccc3c2=O)c(OCC#N)c1. The lowest BCUT2D eigenvalue weighted by Gasteiger charge is -2.15. The fourth-order valence-corrected chi connectivity index (χ4v) is 4.16. The predicted octanol–water partition coefficient (Wildman–Crippen LogP) is 5.42. The molecule has 0 aliphatic rings. The van der Waals surface area contributed by atoms with Crippen molar-refractivity contribution in [1.82, 2.24) is 9.66 Å². The van der Waals surface area contributed by atoms with Crippen LogP contribution < -0.4 is 15.2 Å². The third-order valence-electron chi connectivity index (χ3n) is 5.57. The molecule has 0 aliphatic heterocycles. The van der Waals surface area contributed by atoms with E-state index in [4.69, 9.17) is 19.4 Å². The van der Waals surface area contributed by atoms with E-state index in [0.717, 1.165) is 15.5 Å². The molecule has 0 atom stereocenters. The molecule has 0 N–H and O–H groups in total. The Morgan fingerprint density at radius 1 is 1.17 bits per heavy atom. The summed E-state index contributed by atoms with van der Waals surface area (Å²) < 4.78 is 13.8. The molecule has 0 fully saturated rings. The van der Waals surface area contributed by atoms with Crippen LogP contribution in [0.3, 0.4) is 0 Å². The van der Waals surface area contributed by atoms with Gasteiger partial charge in [-0.15, -0.1) is 0 Å². The number of nitriles is 1. The zero-order chi connectivity index (χ0) is 25.2. The van der Waals surface area contributed by atoms with Crippen LogP contribution in [0, 0.1) is 11.3 Å². The minimum absolute atomic E-state index is 0.116. The van der Waals surface area contributed by atoms with Crippen molar-refractivity contribution in [2.45, 2.75) is 0 Å². The number of hydrogen-bond donors (Lipinski definition) is 0. The first-order chi connectivity index (χ1) is 17.4. The first kappa shape index (κ1) is 23.3. The normalized spacial score (nSPS) is 11.3. The second-order valence-electron chi connectivity index (χ2n) is 8.17. The van der Waals surface area contributed by atoms with Gasteiger partial charge in [-0.25, -0.2) is 4.98 Å². The predicted molar refractivity (Wildman–Crippen MR) is 144 cm³/mol. The molecule has 0 bridgehead atoms. The maximum Gasteiger partial charge on any atom is 0.282 e. The van der Waals surface area contributed by atoms with Gasteiger partial charge in [0.05, 0.1) is 17.1 Å². The van der Waals surface area contributed by atoms with Crippen molar-refractivity contribution >= 4 is 49.7 Å². The Labute approximate surface area is 214 Å². The van der Waals surface area contributed by atoms with Crippen LogP contribution in [0.4, 0.5) is 5.69 Å². The Hall–Kier alpha value is -4.42. The molecule has 2 heterocycles. The molecule has 0 saturated heterocycles. The van der Waals surface area contributed by atoms with Gasteiger partial charge in [-0.3, -0.25) is 4.79 Å². The minimum atomic E-state index is -0.335. The zero-order valence-corrected chi connectivity index (χ0v) is 21.1. The first-order valence-electron chi connectivity index (χ1n) is 11.0. The molecular weight excluding hydrogens is 522 g/mol. The number of para-hydroxylation sites is 1. The topological polar surface area (TPSA) is 96.7 Å². The molecule has 2 aromatic heterocycles. The lowest BCUT2D eigenvalue weighted by atomic mass is 10.2. The van der Waals surface area contributed by atoms with Crippen molar-refractivity contribution in [3.05, 3.63) is 87.1 Å². The van der Waals surface area contributed by atoms with E-state index in [1.54, 1.807) is 18.2 Å². The second-order valence-corrected chi connectivity index (χ2v) is 9.09. The molecule has 0 spiro atoms. The molecule has 0 aliphatic carbocycles. The van der Waals surface area contributed by atoms with Crippen molar-refractivity contribution in [2.24, 2.45) is 5.10 Å². The highest BCUT2D eigenvalue weighted by Crippen LogP contribution is 2.29. The maximum atomic E-state index is 13.5. The summed E-state index contributed by atoms with van der Waals surface area (Å²) in [7, 11) is 3.82. The van der Waals surface area contributed by atoms with Gasteiger partial charge in [0.1, 0.15) is 17.4 Å². The lowest BCUT2D eigenvalue weighted by Crippen LogP contribution is -2.20. The van der Waals surface area contributed by atoms with Crippen molar-refractivity contribution in [3.8, 4) is 23.4 Å². The summed E-state index contributed by atoms with van der Waals surface area (Å²) in [4.78, 5) is 20.1. The van der Waals surface area contributed by atoms with E-state index in [-0.39, 0.29) is 18.0 Å². The second kappa shape index (κ2) is 9.68. The van der Waals surface area contributed by atoms with Crippen LogP contribution in [0.2, 0.25) is 0 Å². The third kappa shape index (κ3) is 4.46. The fourth-order valence-electron chi connectivity index (χ4n) is 3.78. The van der Waals surface area contributed by atoms with Gasteiger partial charge in [0.2, 0.25) is 5.82 Å². The number of anilines is 1. The Morgan fingerprint density at radius 3 is 2.81 bits per heavy atom. The minimum Gasteiger partial charge on any atom is -0.478 e. The summed E-state index contributed by atoms with van der Waals surface area (Å²) in [6.07, 6.45) is 1.52. The molecule has 0 unspecified atom stereocenters. The molecule has 9 heteroatoms. The average molecular weight is 542 g/mol. The smallest absolute Gasteiger partial charge is 0.282 e. The molecule has 5 rings (SSSR count). The van der Waals surface area contributed by atoms with E-state index in [0.29, 0.717) is 33.6 Å². The van der Waals surface area contributed by atoms with Crippen molar-refractivity contribution in [3.63, 3.8) is 0 Å². The number of rotatable bonds is 6. The standard InChI is InChI=1S/C27H20BrN5O3/c1-32(2)20-9-7-17(24(15-20)35-12-11-29)16-30-33-26(31-22-6-4-3-5-21(22)27(33)34)25-14-18-13-19(28)8-10-23(18)36-25/h3-10,13-16H,12H2,1-2H3. The molecule has 36 heavy (non-hydrogen) atoms. The van der Waals surface area contributed by atoms with E-state index in [1.807, 2.05) is 73.6 Å². The fraction of sp³-hybridized carbons (Fsp3) is 0.111. The van der Waals surface area contributed by atoms with Gasteiger partial charge in [-0.2, -0.15) is 15.0 Å². The Morgan fingerprint density at radius 2 is 2.00 bits per heavy atom. The molecular formula is C27H20BrN5O3. The number of hydrogen-bond acceptors (Lipinski definition) is 7. The van der Waals surface area contributed by atoms with Crippen molar-refractivity contribution in [2.75, 3.05) is 25.6 Å². The van der Waals surface area contributed by atoms with Crippen LogP contribution >= 0.6 is 15.9 Å². The summed E-state index contributed by atoms with van der Waals surface area (Å²) in [5, 5.41) is 14.8. The summed E-state index contributed by atoms with van der Waals surface area (Å²) >= 11 is 3.47. The largest absolute Gasteiger partial charge is 0.478 e. The number of fused-ring (bicyclic) bond motifs is 2. The van der Waals surface area contributed by atoms with E-state index in [2.05, 4.69) is 21.0 Å². The highest BCUT2D eigenvalue weighted by molar-refractivity contribution is 9.10. The zero-order valence-electron chi connectivity index (χ0n) is 19.5. The molecule has 0 amide bonds. The van der Waals surface area contributed by atoms with Crippen LogP contribution in [0.5, 0.6) is 5.75 Å². The number of furan rings is 1. The van der Waals surface area contributed by atoms with Gasteiger partial charge in [0, 0.05) is 41.3 Å². The van der Waals surface area contributed by atoms with Gasteiger partial charge in [0.15, 0.2) is 12.4 Å². The van der Waals surface area contributed by atoms with Crippen molar-refractivity contribution < 1.29 is 9.15 Å². The summed E-state index contributed by atoms with van der Waals surface area (Å²) in [5.41, 5.74) is 2.38. The van der Waals surface area contributed by atoms with Crippen LogP contribution in [0.1, 0.15) is 5.56 Å². The number of ether oxygens (including phenoxy) is 1. The Kier molecular flexibility index (Phi) is 6.27. The van der Waals surface area contributed by atoms with Crippen LogP contribution in [-0.4, -0.2) is 36.6 Å². The number of nitrogens with zero attached hydrogens (tertiary/aromatic N) is 5. The monoisotopic (exact) mass is 541 g/mol. The van der Waals surface area contributed by atoms with Crippen molar-refractivity contribution in [1.29, 1.82) is 5.26 Å². The molecule has 3 aromatic carbocycles. The number of benzene rings is 3. The Balaban J connectivity index is 1.68. The van der Waals surface area contributed by atoms with Gasteiger partial charge < -0.3 is 14.1 Å². The van der Waals surface area contributed by atoms with E-state index in [9.17, 15) is 4.79 Å². The first-order valence-corrected chi connectivity index (χ1v) is 11.8. The van der Waals surface area contributed by atoms with Crippen LogP contribution in [0.25, 0.3) is 33.5 Å². The molecule has 8 nitrogen and oxygen atoms in total. The highest BCUT2D eigenvalue weighted by atomic mass is 79.9. The van der Waals surface area contributed by atoms with E-state index >= 15 is 0 Å².